The van der Waals surface area contributed by atoms with E-state index in [1.54, 1.807) is 30.4 Å². The summed E-state index contributed by atoms with van der Waals surface area (Å²) in [4.78, 5) is 10.5. The maximum absolute atomic E-state index is 15.2. The molecule has 11 heteroatoms. The van der Waals surface area contributed by atoms with E-state index in [0.29, 0.717) is 27.0 Å². The molecule has 0 aliphatic carbocycles. The number of nitro benzene ring substituents is 1. The number of aromatic nitrogens is 1. The molecule has 0 unspecified atom stereocenters. The van der Waals surface area contributed by atoms with Gasteiger partial charge in [0.05, 0.1) is 15.1 Å². The number of non-ortho nitro benzene ring substituents is 1. The first-order valence-corrected chi connectivity index (χ1v) is 9.69. The molecule has 1 aromatic heterocycles. The van der Waals surface area contributed by atoms with Gasteiger partial charge in [0.25, 0.3) is 5.69 Å². The molecule has 0 fully saturated rings. The molecule has 5 nitrogen and oxygen atoms in total. The predicted octanol–water partition coefficient (Wildman–Crippen LogP) is 5.29. The number of fused-ring (bicyclic) bond motifs is 2. The van der Waals surface area contributed by atoms with Crippen molar-refractivity contribution >= 4 is 70.6 Å². The van der Waals surface area contributed by atoms with E-state index >= 15 is 8.63 Å². The summed E-state index contributed by atoms with van der Waals surface area (Å²) in [6, 6.07) is 7.45. The van der Waals surface area contributed by atoms with E-state index in [1.165, 1.54) is 12.1 Å². The Kier molecular flexibility index (Phi) is 4.09. The second kappa shape index (κ2) is 5.96. The van der Waals surface area contributed by atoms with Gasteiger partial charge < -0.3 is 17.6 Å². The van der Waals surface area contributed by atoms with Crippen molar-refractivity contribution in [2.75, 3.05) is 0 Å². The zero-order chi connectivity index (χ0) is 18.8. The van der Waals surface area contributed by atoms with E-state index < -0.39 is 11.9 Å². The fraction of sp³-hybridized carbons (Fsp3) is 0. The van der Waals surface area contributed by atoms with E-state index in [2.05, 4.69) is 47.8 Å². The predicted molar refractivity (Wildman–Crippen MR) is 106 cm³/mol. The van der Waals surface area contributed by atoms with Crippen LogP contribution in [0.5, 0.6) is 0 Å². The molecular formula is C15H7BBr3F2N3O2. The molecule has 4 rings (SSSR count). The third-order valence-corrected chi connectivity index (χ3v) is 6.25. The van der Waals surface area contributed by atoms with Gasteiger partial charge in [-0.05, 0) is 50.1 Å². The number of nitro groups is 1. The van der Waals surface area contributed by atoms with Gasteiger partial charge in [-0.3, -0.25) is 10.1 Å². The van der Waals surface area contributed by atoms with Gasteiger partial charge >= 0.3 is 6.97 Å². The summed E-state index contributed by atoms with van der Waals surface area (Å²) in [5.74, 6) is 0. The van der Waals surface area contributed by atoms with Gasteiger partial charge in [-0.25, -0.2) is 0 Å². The normalized spacial score (nSPS) is 17.6. The quantitative estimate of drug-likeness (QED) is 0.290. The number of nitrogens with zero attached hydrogens (tertiary/aromatic N) is 3. The van der Waals surface area contributed by atoms with Crippen LogP contribution < -0.4 is 0 Å². The van der Waals surface area contributed by atoms with E-state index in [4.69, 9.17) is 0 Å². The lowest BCUT2D eigenvalue weighted by Crippen LogP contribution is -2.50. The summed E-state index contributed by atoms with van der Waals surface area (Å²) in [5, 5.41) is 11.0. The standard InChI is InChI=1S/C15H7BBr3F2N3O2/c17-10-7-8(24(25)26)1-2-9(10)15-11-3-5-13(18)22(11)16(20,21)23-12(15)4-6-14(23)19/h1-7H. The zero-order valence-electron chi connectivity index (χ0n) is 12.7. The molecule has 132 valence electrons. The van der Waals surface area contributed by atoms with Gasteiger partial charge in [0.15, 0.2) is 5.70 Å². The lowest BCUT2D eigenvalue weighted by molar-refractivity contribution is -0.385. The molecule has 2 aliphatic heterocycles. The number of hydrogen-bond acceptors (Lipinski definition) is 2. The van der Waals surface area contributed by atoms with Gasteiger partial charge in [0.1, 0.15) is 0 Å². The number of hydrogen-bond donors (Lipinski definition) is 0. The number of allylic oxidation sites excluding steroid dienone is 2. The van der Waals surface area contributed by atoms with Crippen molar-refractivity contribution in [1.29, 1.82) is 0 Å². The lowest BCUT2D eigenvalue weighted by atomic mass is 9.86. The molecule has 0 saturated carbocycles. The van der Waals surface area contributed by atoms with Crippen molar-refractivity contribution in [3.8, 4) is 0 Å². The molecule has 2 aromatic rings. The molecule has 0 saturated heterocycles. The fourth-order valence-electron chi connectivity index (χ4n) is 3.23. The van der Waals surface area contributed by atoms with E-state index in [-0.39, 0.29) is 14.9 Å². The SMILES string of the molecule is O=[N+]([O-])c1ccc(C2=C3C=CC(Br)=[N+]3[B-](F)(F)n3c(Br)ccc32)c(Br)c1. The Hall–Kier alpha value is -1.59. The van der Waals surface area contributed by atoms with Crippen molar-refractivity contribution in [3.05, 3.63) is 78.6 Å². The van der Waals surface area contributed by atoms with Crippen LogP contribution in [0.3, 0.4) is 0 Å². The number of halogens is 5. The maximum Gasteiger partial charge on any atom is 0.738 e. The number of rotatable bonds is 2. The van der Waals surface area contributed by atoms with Crippen molar-refractivity contribution in [3.63, 3.8) is 0 Å². The van der Waals surface area contributed by atoms with Crippen molar-refractivity contribution in [2.24, 2.45) is 0 Å². The Morgan fingerprint density at radius 3 is 2.50 bits per heavy atom. The number of benzene rings is 1. The molecule has 0 atom stereocenters. The molecule has 0 spiro atoms. The monoisotopic (exact) mass is 547 g/mol. The van der Waals surface area contributed by atoms with E-state index in [9.17, 15) is 10.1 Å². The molecular weight excluding hydrogens is 543 g/mol. The van der Waals surface area contributed by atoms with E-state index in [0.717, 1.165) is 8.96 Å². The molecule has 1 aromatic carbocycles. The first kappa shape index (κ1) is 17.8. The highest BCUT2D eigenvalue weighted by Crippen LogP contribution is 2.44. The molecule has 0 N–H and O–H groups in total. The Labute approximate surface area is 171 Å². The maximum atomic E-state index is 15.2. The Morgan fingerprint density at radius 2 is 1.85 bits per heavy atom. The second-order valence-electron chi connectivity index (χ2n) is 5.71. The smallest absolute Gasteiger partial charge is 0.389 e. The minimum absolute atomic E-state index is 0.0836. The van der Waals surface area contributed by atoms with Crippen molar-refractivity contribution in [1.82, 2.24) is 4.48 Å². The van der Waals surface area contributed by atoms with Crippen molar-refractivity contribution < 1.29 is 18.0 Å². The average Bonchev–Trinajstić information content (AvgIpc) is 3.13. The van der Waals surface area contributed by atoms with Crippen LogP contribution in [0.4, 0.5) is 14.3 Å². The molecule has 0 amide bonds. The summed E-state index contributed by atoms with van der Waals surface area (Å²) in [6.45, 7) is -4.10. The van der Waals surface area contributed by atoms with Crippen LogP contribution >= 0.6 is 47.8 Å². The Morgan fingerprint density at radius 1 is 1.12 bits per heavy atom. The molecule has 2 aliphatic rings. The zero-order valence-corrected chi connectivity index (χ0v) is 17.4. The minimum atomic E-state index is -4.10. The van der Waals surface area contributed by atoms with Gasteiger partial charge in [-0.15, -0.1) is 0 Å². The summed E-state index contributed by atoms with van der Waals surface area (Å²) in [5.41, 5.74) is 1.71. The van der Waals surface area contributed by atoms with Crippen LogP contribution in [0, 0.1) is 10.1 Å². The highest BCUT2D eigenvalue weighted by molar-refractivity contribution is 9.18. The van der Waals surface area contributed by atoms with Crippen LogP contribution in [0.15, 0.2) is 57.3 Å². The van der Waals surface area contributed by atoms with Crippen LogP contribution in [0.25, 0.3) is 5.57 Å². The van der Waals surface area contributed by atoms with Gasteiger partial charge in [-0.1, -0.05) is 0 Å². The summed E-state index contributed by atoms with van der Waals surface area (Å²) >= 11 is 9.74. The van der Waals surface area contributed by atoms with E-state index in [1.807, 2.05) is 0 Å². The highest BCUT2D eigenvalue weighted by atomic mass is 79.9. The van der Waals surface area contributed by atoms with Gasteiger partial charge in [-0.2, -0.15) is 0 Å². The van der Waals surface area contributed by atoms with Crippen LogP contribution in [0.1, 0.15) is 11.3 Å². The first-order valence-electron chi connectivity index (χ1n) is 7.31. The van der Waals surface area contributed by atoms with Crippen LogP contribution in [0.2, 0.25) is 0 Å². The summed E-state index contributed by atoms with van der Waals surface area (Å²) < 4.78 is 33.1. The lowest BCUT2D eigenvalue weighted by Gasteiger charge is -2.32. The third kappa shape index (κ3) is 2.40. The first-order chi connectivity index (χ1) is 12.2. The van der Waals surface area contributed by atoms with Crippen LogP contribution in [-0.2, 0) is 0 Å². The van der Waals surface area contributed by atoms with Crippen LogP contribution in [-0.4, -0.2) is 25.5 Å². The Balaban J connectivity index is 2.06. The topological polar surface area (TPSA) is 51.1 Å². The molecule has 0 radical (unpaired) electrons. The van der Waals surface area contributed by atoms with Gasteiger partial charge in [0.2, 0.25) is 4.62 Å². The fourth-order valence-corrected chi connectivity index (χ4v) is 4.93. The average molecular weight is 550 g/mol. The largest absolute Gasteiger partial charge is 0.738 e. The van der Waals surface area contributed by atoms with Gasteiger partial charge in [0, 0.05) is 55.9 Å². The summed E-state index contributed by atoms with van der Waals surface area (Å²) in [6.07, 6.45) is 3.16. The second-order valence-corrected chi connectivity index (χ2v) is 8.19. The molecule has 3 heterocycles. The molecule has 0 bridgehead atoms. The Bertz CT molecular complexity index is 1090. The third-order valence-electron chi connectivity index (χ3n) is 4.30. The van der Waals surface area contributed by atoms with Crippen molar-refractivity contribution in [2.45, 2.75) is 0 Å². The summed E-state index contributed by atoms with van der Waals surface area (Å²) in [7, 11) is 0. The minimum Gasteiger partial charge on any atom is -0.389 e. The highest BCUT2D eigenvalue weighted by Gasteiger charge is 2.54. The molecule has 26 heavy (non-hydrogen) atoms.